The van der Waals surface area contributed by atoms with Gasteiger partial charge in [0.25, 0.3) is 0 Å². The Labute approximate surface area is 64.0 Å². The van der Waals surface area contributed by atoms with E-state index in [1.807, 2.05) is 0 Å². The topological polar surface area (TPSA) is 305 Å². The summed E-state index contributed by atoms with van der Waals surface area (Å²) in [4.78, 5) is 0. The van der Waals surface area contributed by atoms with E-state index >= 15 is 0 Å². The summed E-state index contributed by atoms with van der Waals surface area (Å²) in [5.74, 6) is 0. The monoisotopic (exact) mass is 185 g/mol. The summed E-state index contributed by atoms with van der Waals surface area (Å²) in [7, 11) is -2.92. The highest BCUT2D eigenvalue weighted by molar-refractivity contribution is 6.24. The molecular weight excluding hydrogens is 165 g/mol. The van der Waals surface area contributed by atoms with E-state index in [9.17, 15) is 0 Å². The molecule has 0 fully saturated rings. The Hall–Kier alpha value is -0.335. The minimum absolute atomic E-state index is 0. The summed E-state index contributed by atoms with van der Waals surface area (Å²) in [6, 6.07) is 0. The number of quaternary nitrogens is 3. The van der Waals surface area contributed by atoms with Crippen molar-refractivity contribution in [2.24, 2.45) is 0 Å². The normalized spacial score (nSPS) is 2.45. The predicted molar refractivity (Wildman–Crippen MR) is 38.2 cm³/mol. The molecule has 0 aromatic rings. The van der Waals surface area contributed by atoms with Crippen LogP contribution >= 0.6 is 0 Å². The van der Waals surface area contributed by atoms with Gasteiger partial charge in [-0.25, -0.2) is 0 Å². The Morgan fingerprint density at radius 3 is 0.545 bits per heavy atom. The van der Waals surface area contributed by atoms with Crippen LogP contribution in [-0.4, -0.2) is 29.2 Å². The van der Waals surface area contributed by atoms with Gasteiger partial charge < -0.3 is 55.4 Å². The van der Waals surface area contributed by atoms with Crippen molar-refractivity contribution in [2.45, 2.75) is 0 Å². The average molecular weight is 185 g/mol. The molecule has 0 aliphatic carbocycles. The van der Waals surface area contributed by atoms with Gasteiger partial charge in [0.2, 0.25) is 0 Å². The molecule has 11 heteroatoms. The minimum Gasteiger partial charge on any atom is -0.907 e. The molecule has 0 spiro atoms. The third kappa shape index (κ3) is 5060. The molecule has 0 saturated carbocycles. The smallest absolute Gasteiger partial charge is 0.278 e. The third-order valence-corrected chi connectivity index (χ3v) is 0. The van der Waals surface area contributed by atoms with E-state index in [1.165, 1.54) is 0 Å². The summed E-state index contributed by atoms with van der Waals surface area (Å²) >= 11 is 0. The van der Waals surface area contributed by atoms with Crippen molar-refractivity contribution in [3.8, 4) is 0 Å². The zero-order chi connectivity index (χ0) is 3.58. The van der Waals surface area contributed by atoms with Crippen LogP contribution in [0, 0.1) is 0 Å². The number of hydrogen-bond donors (Lipinski definition) is 3. The van der Waals surface area contributed by atoms with Crippen molar-refractivity contribution in [2.75, 3.05) is 0 Å². The van der Waals surface area contributed by atoms with Gasteiger partial charge in [-0.15, -0.1) is 0 Å². The van der Waals surface area contributed by atoms with Gasteiger partial charge in [-0.05, 0) is 0 Å². The standard InChI is InChI=1S/BO3.3H3N.4H2O/c2-1(3)4;;;;;;;/h;3*1H3;4*1H2/q-3;;;;;;;/p+3. The fourth-order valence-electron chi connectivity index (χ4n) is 0. The molecule has 0 bridgehead atoms. The first-order valence-electron chi connectivity index (χ1n) is 0.707. The van der Waals surface area contributed by atoms with Crippen LogP contribution in [-0.2, 0) is 0 Å². The van der Waals surface area contributed by atoms with Crippen molar-refractivity contribution >= 4 is 7.32 Å². The van der Waals surface area contributed by atoms with Gasteiger partial charge in [-0.2, -0.15) is 0 Å². The van der Waals surface area contributed by atoms with E-state index < -0.39 is 7.32 Å². The zero-order valence-corrected chi connectivity index (χ0v) is 6.80. The molecule has 10 nitrogen and oxygen atoms in total. The lowest BCUT2D eigenvalue weighted by Crippen LogP contribution is -2.56. The molecule has 0 saturated heterocycles. The van der Waals surface area contributed by atoms with Crippen LogP contribution in [0.2, 0.25) is 0 Å². The molecule has 0 unspecified atom stereocenters. The van der Waals surface area contributed by atoms with Crippen molar-refractivity contribution in [1.29, 1.82) is 0 Å². The lowest BCUT2D eigenvalue weighted by atomic mass is 10.3. The maximum atomic E-state index is 8.42. The molecule has 20 N–H and O–H groups in total. The fraction of sp³-hybridized carbons (Fsp3) is 0. The van der Waals surface area contributed by atoms with Gasteiger partial charge in [0.15, 0.2) is 0 Å². The summed E-state index contributed by atoms with van der Waals surface area (Å²) in [5.41, 5.74) is 0. The fourth-order valence-corrected chi connectivity index (χ4v) is 0. The Kier molecular flexibility index (Phi) is 1300. The molecule has 0 aromatic heterocycles. The highest BCUT2D eigenvalue weighted by Gasteiger charge is 1.17. The van der Waals surface area contributed by atoms with Crippen molar-refractivity contribution < 1.29 is 37.0 Å². The van der Waals surface area contributed by atoms with Crippen LogP contribution in [0.1, 0.15) is 0 Å². The van der Waals surface area contributed by atoms with Crippen LogP contribution in [0.15, 0.2) is 0 Å². The molecule has 0 aliphatic heterocycles. The molecule has 0 aromatic carbocycles. The van der Waals surface area contributed by atoms with Crippen LogP contribution in [0.4, 0.5) is 0 Å². The maximum Gasteiger partial charge on any atom is -0.278 e. The lowest BCUT2D eigenvalue weighted by Gasteiger charge is -2.35. The molecule has 0 amide bonds. The SMILES string of the molecule is O.O.O.O.[NH4+].[NH4+].[NH4+].[O-]B([O-])[O-]. The minimum atomic E-state index is -2.92. The first-order valence-corrected chi connectivity index (χ1v) is 0.707. The Bertz CT molecular complexity index is 18.4. The van der Waals surface area contributed by atoms with Gasteiger partial charge in [-0.3, -0.25) is 7.32 Å². The second-order valence-electron chi connectivity index (χ2n) is 0.289. The zero-order valence-electron chi connectivity index (χ0n) is 6.80. The quantitative estimate of drug-likeness (QED) is 0.310. The van der Waals surface area contributed by atoms with Crippen LogP contribution in [0.5, 0.6) is 0 Å². The summed E-state index contributed by atoms with van der Waals surface area (Å²) in [6.45, 7) is 0. The maximum absolute atomic E-state index is 8.42. The van der Waals surface area contributed by atoms with Crippen molar-refractivity contribution in [3.05, 3.63) is 0 Å². The summed E-state index contributed by atoms with van der Waals surface area (Å²) < 4.78 is 0. The van der Waals surface area contributed by atoms with E-state index in [-0.39, 0.29) is 40.4 Å². The van der Waals surface area contributed by atoms with E-state index in [2.05, 4.69) is 0 Å². The average Bonchev–Trinajstić information content (AvgIpc) is 0.811. The largest absolute Gasteiger partial charge is 0.907 e. The molecule has 80 valence electrons. The van der Waals surface area contributed by atoms with E-state index in [0.29, 0.717) is 0 Å². The van der Waals surface area contributed by atoms with Gasteiger partial charge in [-0.1, -0.05) is 0 Å². The molecule has 0 atom stereocenters. The van der Waals surface area contributed by atoms with Gasteiger partial charge >= 0.3 is 0 Å². The van der Waals surface area contributed by atoms with Crippen LogP contribution < -0.4 is 33.5 Å². The first kappa shape index (κ1) is 140. The van der Waals surface area contributed by atoms with Crippen LogP contribution in [0.25, 0.3) is 0 Å². The third-order valence-electron chi connectivity index (χ3n) is 0. The van der Waals surface area contributed by atoms with Gasteiger partial charge in [0.1, 0.15) is 0 Å². The molecule has 0 rings (SSSR count). The van der Waals surface area contributed by atoms with Gasteiger partial charge in [0, 0.05) is 0 Å². The number of rotatable bonds is 0. The molecule has 0 heterocycles. The number of hydrogen-bond acceptors (Lipinski definition) is 3. The van der Waals surface area contributed by atoms with E-state index in [0.717, 1.165) is 0 Å². The highest BCUT2D eigenvalue weighted by atomic mass is 16.5. The van der Waals surface area contributed by atoms with Crippen LogP contribution in [0.3, 0.4) is 0 Å². The molecule has 0 aliphatic rings. The molecule has 0 radical (unpaired) electrons. The predicted octanol–water partition coefficient (Wildman–Crippen LogP) is -6.12. The second-order valence-corrected chi connectivity index (χ2v) is 0.289. The van der Waals surface area contributed by atoms with E-state index in [1.54, 1.807) is 0 Å². The Morgan fingerprint density at radius 1 is 0.545 bits per heavy atom. The Balaban J connectivity index is -0.00000000214. The molecule has 11 heavy (non-hydrogen) atoms. The second kappa shape index (κ2) is 102. The van der Waals surface area contributed by atoms with E-state index in [4.69, 9.17) is 15.1 Å². The molecular formula is H20BN3O7. The lowest BCUT2D eigenvalue weighted by molar-refractivity contribution is -0.479. The van der Waals surface area contributed by atoms with Crippen molar-refractivity contribution in [1.82, 2.24) is 18.5 Å². The van der Waals surface area contributed by atoms with Gasteiger partial charge in [0.05, 0.1) is 0 Å². The Morgan fingerprint density at radius 2 is 0.545 bits per heavy atom. The first-order chi connectivity index (χ1) is 1.73. The summed E-state index contributed by atoms with van der Waals surface area (Å²) in [5, 5.41) is 25.2. The van der Waals surface area contributed by atoms with Crippen molar-refractivity contribution in [3.63, 3.8) is 0 Å². The highest BCUT2D eigenvalue weighted by Crippen LogP contribution is 0.994. The summed E-state index contributed by atoms with van der Waals surface area (Å²) in [6.07, 6.45) is 0.